The second kappa shape index (κ2) is 9.62. The Morgan fingerprint density at radius 1 is 1.19 bits per heavy atom. The second-order valence-electron chi connectivity index (χ2n) is 7.74. The van der Waals surface area contributed by atoms with E-state index in [1.165, 1.54) is 5.01 Å². The maximum absolute atomic E-state index is 13.2. The summed E-state index contributed by atoms with van der Waals surface area (Å²) in [5.41, 5.74) is 3.45. The molecule has 0 bridgehead atoms. The normalized spacial score (nSPS) is 14.7. The predicted octanol–water partition coefficient (Wildman–Crippen LogP) is 3.85. The molecule has 0 radical (unpaired) electrons. The van der Waals surface area contributed by atoms with Crippen LogP contribution in [-0.4, -0.2) is 52.0 Å². The number of aromatic nitrogens is 2. The highest BCUT2D eigenvalue weighted by molar-refractivity contribution is 7.09. The van der Waals surface area contributed by atoms with E-state index in [2.05, 4.69) is 27.3 Å². The van der Waals surface area contributed by atoms with Crippen LogP contribution in [0, 0.1) is 13.8 Å². The molecule has 1 saturated heterocycles. The van der Waals surface area contributed by atoms with E-state index in [1.807, 2.05) is 43.0 Å². The zero-order valence-corrected chi connectivity index (χ0v) is 19.1. The predicted molar refractivity (Wildman–Crippen MR) is 119 cm³/mol. The van der Waals surface area contributed by atoms with Crippen molar-refractivity contribution in [2.45, 2.75) is 40.3 Å². The van der Waals surface area contributed by atoms with Crippen LogP contribution in [0.4, 0.5) is 0 Å². The van der Waals surface area contributed by atoms with Crippen molar-refractivity contribution < 1.29 is 14.1 Å². The number of hydrogen-bond donors (Lipinski definition) is 0. The van der Waals surface area contributed by atoms with Crippen molar-refractivity contribution in [2.24, 2.45) is 0 Å². The van der Waals surface area contributed by atoms with Gasteiger partial charge in [-0.15, -0.1) is 11.3 Å². The van der Waals surface area contributed by atoms with Crippen molar-refractivity contribution in [3.05, 3.63) is 62.9 Å². The Balaban J connectivity index is 1.36. The van der Waals surface area contributed by atoms with Crippen molar-refractivity contribution in [2.75, 3.05) is 26.2 Å². The summed E-state index contributed by atoms with van der Waals surface area (Å²) in [5, 5.41) is 7.28. The first-order valence-electron chi connectivity index (χ1n) is 10.6. The summed E-state index contributed by atoms with van der Waals surface area (Å²) in [4.78, 5) is 22.1. The van der Waals surface area contributed by atoms with Crippen LogP contribution in [0.15, 0.2) is 34.2 Å². The van der Waals surface area contributed by atoms with Crippen molar-refractivity contribution in [3.63, 3.8) is 0 Å². The van der Waals surface area contributed by atoms with Crippen molar-refractivity contribution >= 4 is 17.2 Å². The summed E-state index contributed by atoms with van der Waals surface area (Å²) < 4.78 is 11.2. The van der Waals surface area contributed by atoms with Gasteiger partial charge in [0.1, 0.15) is 18.1 Å². The van der Waals surface area contributed by atoms with Gasteiger partial charge < -0.3 is 14.2 Å². The molecule has 0 spiro atoms. The lowest BCUT2D eigenvalue weighted by molar-refractivity contribution is 0.0622. The minimum absolute atomic E-state index is 0.0101. The Kier molecular flexibility index (Phi) is 6.67. The Labute approximate surface area is 186 Å². The van der Waals surface area contributed by atoms with Gasteiger partial charge in [0.15, 0.2) is 0 Å². The van der Waals surface area contributed by atoms with E-state index in [0.717, 1.165) is 48.8 Å². The van der Waals surface area contributed by atoms with E-state index >= 15 is 0 Å². The monoisotopic (exact) mass is 440 g/mol. The van der Waals surface area contributed by atoms with Crippen LogP contribution in [0.25, 0.3) is 0 Å². The number of piperazine rings is 1. The van der Waals surface area contributed by atoms with Crippen LogP contribution in [-0.2, 0) is 19.6 Å². The number of rotatable bonds is 7. The fraction of sp³-hybridized carbons (Fsp3) is 0.435. The smallest absolute Gasteiger partial charge is 0.257 e. The fourth-order valence-electron chi connectivity index (χ4n) is 3.72. The first kappa shape index (κ1) is 21.5. The topological polar surface area (TPSA) is 71.7 Å². The molecule has 7 nitrogen and oxygen atoms in total. The minimum Gasteiger partial charge on any atom is -0.488 e. The molecular weight excluding hydrogens is 412 g/mol. The van der Waals surface area contributed by atoms with Crippen molar-refractivity contribution in [1.29, 1.82) is 0 Å². The molecule has 3 aromatic rings. The average Bonchev–Trinajstić information content (AvgIpc) is 3.38. The molecule has 164 valence electrons. The molecule has 2 aromatic heterocycles. The molecule has 0 atom stereocenters. The van der Waals surface area contributed by atoms with Gasteiger partial charge in [-0.25, -0.2) is 4.98 Å². The lowest BCUT2D eigenvalue weighted by Crippen LogP contribution is -2.48. The number of thiazole rings is 1. The highest BCUT2D eigenvalue weighted by atomic mass is 32.1. The van der Waals surface area contributed by atoms with E-state index in [0.29, 0.717) is 31.0 Å². The number of nitrogens with zero attached hydrogens (tertiary/aromatic N) is 4. The Hall–Kier alpha value is -2.71. The first-order valence-corrected chi connectivity index (χ1v) is 11.5. The maximum Gasteiger partial charge on any atom is 0.257 e. The van der Waals surface area contributed by atoms with E-state index in [1.54, 1.807) is 11.3 Å². The molecule has 1 aliphatic heterocycles. The summed E-state index contributed by atoms with van der Waals surface area (Å²) in [6.07, 6.45) is 0.977. The quantitative estimate of drug-likeness (QED) is 0.556. The molecule has 0 unspecified atom stereocenters. The van der Waals surface area contributed by atoms with Crippen LogP contribution in [0.5, 0.6) is 5.75 Å². The van der Waals surface area contributed by atoms with E-state index < -0.39 is 0 Å². The highest BCUT2D eigenvalue weighted by Crippen LogP contribution is 2.24. The maximum atomic E-state index is 13.2. The number of aryl methyl sites for hydroxylation is 3. The van der Waals surface area contributed by atoms with Crippen LogP contribution in [0.3, 0.4) is 0 Å². The molecule has 31 heavy (non-hydrogen) atoms. The molecule has 8 heteroatoms. The molecule has 0 N–H and O–H groups in total. The standard InChI is InChI=1S/C23H28N4O3S/c1-4-22-24-18(15-31-22)13-26-9-11-27(12-10-26)23(28)19-7-5-6-8-21(19)29-14-20-16(2)25-30-17(20)3/h5-8,15H,4,9-14H2,1-3H3. The Morgan fingerprint density at radius 3 is 2.65 bits per heavy atom. The number of amides is 1. The van der Waals surface area contributed by atoms with Gasteiger partial charge in [0.05, 0.1) is 27.5 Å². The number of hydrogen-bond acceptors (Lipinski definition) is 7. The third-order valence-electron chi connectivity index (χ3n) is 5.62. The Bertz CT molecular complexity index is 1020. The number of ether oxygens (including phenoxy) is 1. The van der Waals surface area contributed by atoms with Crippen molar-refractivity contribution in [3.8, 4) is 5.75 Å². The molecule has 1 amide bonds. The minimum atomic E-state index is 0.0101. The van der Waals surface area contributed by atoms with Crippen LogP contribution < -0.4 is 4.74 Å². The molecule has 0 aliphatic carbocycles. The molecule has 0 saturated carbocycles. The van der Waals surface area contributed by atoms with E-state index in [4.69, 9.17) is 9.26 Å². The molecule has 1 aliphatic rings. The second-order valence-corrected chi connectivity index (χ2v) is 8.68. The first-order chi connectivity index (χ1) is 15.0. The number of carbonyl (C=O) groups excluding carboxylic acids is 1. The highest BCUT2D eigenvalue weighted by Gasteiger charge is 2.25. The Morgan fingerprint density at radius 2 is 1.97 bits per heavy atom. The van der Waals surface area contributed by atoms with Gasteiger partial charge in [0.25, 0.3) is 5.91 Å². The van der Waals surface area contributed by atoms with Gasteiger partial charge in [-0.2, -0.15) is 0 Å². The van der Waals surface area contributed by atoms with E-state index in [9.17, 15) is 4.79 Å². The van der Waals surface area contributed by atoms with Gasteiger partial charge >= 0.3 is 0 Å². The molecule has 1 aromatic carbocycles. The summed E-state index contributed by atoms with van der Waals surface area (Å²) in [5.74, 6) is 1.34. The van der Waals surface area contributed by atoms with Gasteiger partial charge in [-0.05, 0) is 32.4 Å². The molecular formula is C23H28N4O3S. The summed E-state index contributed by atoms with van der Waals surface area (Å²) in [7, 11) is 0. The van der Waals surface area contributed by atoms with Gasteiger partial charge in [0, 0.05) is 38.1 Å². The summed E-state index contributed by atoms with van der Waals surface area (Å²) in [6.45, 7) is 10.1. The van der Waals surface area contributed by atoms with Gasteiger partial charge in [-0.3, -0.25) is 9.69 Å². The lowest BCUT2D eigenvalue weighted by Gasteiger charge is -2.34. The largest absolute Gasteiger partial charge is 0.488 e. The van der Waals surface area contributed by atoms with Gasteiger partial charge in [0.2, 0.25) is 0 Å². The zero-order valence-electron chi connectivity index (χ0n) is 18.3. The summed E-state index contributed by atoms with van der Waals surface area (Å²) >= 11 is 1.72. The lowest BCUT2D eigenvalue weighted by atomic mass is 10.1. The van der Waals surface area contributed by atoms with Crippen LogP contribution in [0.1, 0.15) is 45.0 Å². The van der Waals surface area contributed by atoms with Crippen molar-refractivity contribution in [1.82, 2.24) is 19.9 Å². The summed E-state index contributed by atoms with van der Waals surface area (Å²) in [6, 6.07) is 7.43. The van der Waals surface area contributed by atoms with E-state index in [-0.39, 0.29) is 5.91 Å². The zero-order chi connectivity index (χ0) is 21.8. The average molecular weight is 441 g/mol. The van der Waals surface area contributed by atoms with Gasteiger partial charge in [-0.1, -0.05) is 24.2 Å². The third-order valence-corrected chi connectivity index (χ3v) is 6.66. The van der Waals surface area contributed by atoms with Crippen LogP contribution >= 0.6 is 11.3 Å². The third kappa shape index (κ3) is 4.97. The SMILES string of the molecule is CCc1nc(CN2CCN(C(=O)c3ccccc3OCc3c(C)noc3C)CC2)cs1. The van der Waals surface area contributed by atoms with Crippen LogP contribution in [0.2, 0.25) is 0 Å². The number of carbonyl (C=O) groups is 1. The number of para-hydroxylation sites is 1. The fourth-order valence-corrected chi connectivity index (χ4v) is 4.46. The number of benzene rings is 1. The molecule has 3 heterocycles. The molecule has 4 rings (SSSR count). The molecule has 1 fully saturated rings.